The Morgan fingerprint density at radius 3 is 2.67 bits per heavy atom. The average molecular weight is 248 g/mol. The summed E-state index contributed by atoms with van der Waals surface area (Å²) in [5, 5.41) is 3.41. The first kappa shape index (κ1) is 14.6. The number of nitrogens with zero attached hydrogens (tertiary/aromatic N) is 3. The molecule has 0 aromatic carbocycles. The highest BCUT2D eigenvalue weighted by Crippen LogP contribution is 2.10. The summed E-state index contributed by atoms with van der Waals surface area (Å²) in [6.07, 6.45) is 5.49. The largest absolute Gasteiger partial charge is 0.352 e. The van der Waals surface area contributed by atoms with Crippen LogP contribution >= 0.6 is 0 Å². The molecule has 0 aliphatic rings. The van der Waals surface area contributed by atoms with E-state index in [1.54, 1.807) is 6.20 Å². The summed E-state index contributed by atoms with van der Waals surface area (Å²) in [5.74, 6) is 0.908. The zero-order chi connectivity index (χ0) is 13.6. The second kappa shape index (κ2) is 6.50. The van der Waals surface area contributed by atoms with E-state index < -0.39 is 0 Å². The normalized spacial score (nSPS) is 11.3. The van der Waals surface area contributed by atoms with Gasteiger partial charge in [0, 0.05) is 31.4 Å². The number of aromatic nitrogens is 2. The maximum atomic E-state index is 4.62. The number of hydrogen-bond donors (Lipinski definition) is 1. The van der Waals surface area contributed by atoms with Crippen LogP contribution in [0.1, 0.15) is 33.4 Å². The van der Waals surface area contributed by atoms with Crippen LogP contribution in [0.25, 0.3) is 0 Å². The van der Waals surface area contributed by atoms with Crippen molar-refractivity contribution in [1.82, 2.24) is 15.3 Å². The number of nitrogens with one attached hydrogen (secondary N) is 1. The predicted molar refractivity (Wildman–Crippen MR) is 76.7 cm³/mol. The molecule has 0 radical (unpaired) electrons. The maximum absolute atomic E-state index is 4.62. The lowest BCUT2D eigenvalue weighted by Gasteiger charge is -2.22. The van der Waals surface area contributed by atoms with Crippen LogP contribution in [0.15, 0.2) is 25.0 Å². The van der Waals surface area contributed by atoms with Gasteiger partial charge in [-0.25, -0.2) is 4.98 Å². The lowest BCUT2D eigenvalue weighted by atomic mass is 10.1. The highest BCUT2D eigenvalue weighted by atomic mass is 15.2. The molecule has 18 heavy (non-hydrogen) atoms. The minimum absolute atomic E-state index is 0.0866. The van der Waals surface area contributed by atoms with Gasteiger partial charge in [0.25, 0.3) is 0 Å². The smallest absolute Gasteiger partial charge is 0.147 e. The Morgan fingerprint density at radius 1 is 1.39 bits per heavy atom. The molecule has 1 rings (SSSR count). The van der Waals surface area contributed by atoms with Gasteiger partial charge in [-0.05, 0) is 27.7 Å². The Balaban J connectivity index is 2.75. The molecule has 0 unspecified atom stereocenters. The molecule has 4 heteroatoms. The van der Waals surface area contributed by atoms with E-state index >= 15 is 0 Å². The van der Waals surface area contributed by atoms with E-state index in [4.69, 9.17) is 0 Å². The summed E-state index contributed by atoms with van der Waals surface area (Å²) in [6, 6.07) is 0. The summed E-state index contributed by atoms with van der Waals surface area (Å²) in [4.78, 5) is 11.0. The van der Waals surface area contributed by atoms with Crippen molar-refractivity contribution in [3.05, 3.63) is 30.7 Å². The van der Waals surface area contributed by atoms with Crippen LogP contribution in [0.2, 0.25) is 0 Å². The van der Waals surface area contributed by atoms with E-state index in [1.807, 2.05) is 12.3 Å². The molecule has 0 aliphatic heterocycles. The molecule has 0 atom stereocenters. The Bertz CT molecular complexity index is 382. The molecule has 100 valence electrons. The van der Waals surface area contributed by atoms with Crippen LogP contribution in [0.5, 0.6) is 0 Å². The van der Waals surface area contributed by atoms with E-state index in [0.29, 0.717) is 0 Å². The highest BCUT2D eigenvalue weighted by Gasteiger charge is 2.10. The molecule has 0 aliphatic carbocycles. The van der Waals surface area contributed by atoms with Crippen molar-refractivity contribution in [2.24, 2.45) is 0 Å². The second-order valence-corrected chi connectivity index (χ2v) is 5.30. The van der Waals surface area contributed by atoms with Gasteiger partial charge in [-0.3, -0.25) is 4.98 Å². The Morgan fingerprint density at radius 2 is 2.11 bits per heavy atom. The van der Waals surface area contributed by atoms with E-state index in [1.165, 1.54) is 0 Å². The second-order valence-electron chi connectivity index (χ2n) is 5.30. The van der Waals surface area contributed by atoms with Crippen molar-refractivity contribution in [3.8, 4) is 0 Å². The summed E-state index contributed by atoms with van der Waals surface area (Å²) in [6.45, 7) is 14.7. The van der Waals surface area contributed by atoms with Crippen molar-refractivity contribution >= 4 is 5.82 Å². The molecule has 0 amide bonds. The minimum atomic E-state index is 0.0866. The fourth-order valence-corrected chi connectivity index (χ4v) is 1.53. The number of anilines is 1. The predicted octanol–water partition coefficient (Wildman–Crippen LogP) is 2.38. The van der Waals surface area contributed by atoms with Crippen molar-refractivity contribution in [2.75, 3.05) is 18.0 Å². The van der Waals surface area contributed by atoms with Crippen LogP contribution in [0.4, 0.5) is 5.82 Å². The molecule has 4 nitrogen and oxygen atoms in total. The van der Waals surface area contributed by atoms with E-state index in [0.717, 1.165) is 31.1 Å². The number of likely N-dealkylation sites (N-methyl/N-ethyl adjacent to an activating group) is 1. The van der Waals surface area contributed by atoms with Gasteiger partial charge in [0.05, 0.1) is 11.9 Å². The van der Waals surface area contributed by atoms with Gasteiger partial charge in [0.15, 0.2) is 0 Å². The quantitative estimate of drug-likeness (QED) is 0.785. The average Bonchev–Trinajstić information content (AvgIpc) is 2.33. The van der Waals surface area contributed by atoms with E-state index in [9.17, 15) is 0 Å². The van der Waals surface area contributed by atoms with Gasteiger partial charge in [0.1, 0.15) is 5.82 Å². The molecule has 0 saturated heterocycles. The fraction of sp³-hybridized carbons (Fsp3) is 0.571. The van der Waals surface area contributed by atoms with E-state index in [-0.39, 0.29) is 5.54 Å². The van der Waals surface area contributed by atoms with Crippen LogP contribution in [-0.2, 0) is 6.54 Å². The van der Waals surface area contributed by atoms with E-state index in [2.05, 4.69) is 54.5 Å². The first-order valence-corrected chi connectivity index (χ1v) is 6.38. The van der Waals surface area contributed by atoms with Gasteiger partial charge >= 0.3 is 0 Å². The molecule has 0 fully saturated rings. The SMILES string of the molecule is C=CCN(CC)c1cncc(CNC(C)(C)C)n1. The molecular formula is C14H24N4. The highest BCUT2D eigenvalue weighted by molar-refractivity contribution is 5.36. The van der Waals surface area contributed by atoms with Gasteiger partial charge in [0.2, 0.25) is 0 Å². The van der Waals surface area contributed by atoms with Crippen molar-refractivity contribution in [1.29, 1.82) is 0 Å². The van der Waals surface area contributed by atoms with Gasteiger partial charge in [-0.2, -0.15) is 0 Å². The molecular weight excluding hydrogens is 224 g/mol. The molecule has 1 aromatic heterocycles. The van der Waals surface area contributed by atoms with Gasteiger partial charge in [-0.1, -0.05) is 6.08 Å². The van der Waals surface area contributed by atoms with Crippen LogP contribution in [0.3, 0.4) is 0 Å². The van der Waals surface area contributed by atoms with Crippen LogP contribution < -0.4 is 10.2 Å². The topological polar surface area (TPSA) is 41.1 Å². The van der Waals surface area contributed by atoms with Crippen molar-refractivity contribution in [3.63, 3.8) is 0 Å². The lowest BCUT2D eigenvalue weighted by Crippen LogP contribution is -2.35. The molecule has 0 bridgehead atoms. The third-order valence-electron chi connectivity index (χ3n) is 2.53. The Hall–Kier alpha value is -1.42. The first-order valence-electron chi connectivity index (χ1n) is 6.38. The zero-order valence-corrected chi connectivity index (χ0v) is 11.9. The first-order chi connectivity index (χ1) is 8.46. The molecule has 0 saturated carbocycles. The number of hydrogen-bond acceptors (Lipinski definition) is 4. The van der Waals surface area contributed by atoms with Crippen molar-refractivity contribution < 1.29 is 0 Å². The van der Waals surface area contributed by atoms with Gasteiger partial charge < -0.3 is 10.2 Å². The van der Waals surface area contributed by atoms with Crippen LogP contribution in [-0.4, -0.2) is 28.6 Å². The summed E-state index contributed by atoms with van der Waals surface area (Å²) in [5.41, 5.74) is 1.05. The zero-order valence-electron chi connectivity index (χ0n) is 11.9. The molecule has 1 heterocycles. The number of rotatable bonds is 6. The van der Waals surface area contributed by atoms with Crippen LogP contribution in [0, 0.1) is 0 Å². The van der Waals surface area contributed by atoms with Gasteiger partial charge in [-0.15, -0.1) is 6.58 Å². The fourth-order valence-electron chi connectivity index (χ4n) is 1.53. The molecule has 0 spiro atoms. The Labute approximate surface area is 110 Å². The summed E-state index contributed by atoms with van der Waals surface area (Å²) >= 11 is 0. The third-order valence-corrected chi connectivity index (χ3v) is 2.53. The minimum Gasteiger partial charge on any atom is -0.352 e. The lowest BCUT2D eigenvalue weighted by molar-refractivity contribution is 0.421. The summed E-state index contributed by atoms with van der Waals surface area (Å²) < 4.78 is 0. The third kappa shape index (κ3) is 4.84. The molecule has 1 aromatic rings. The van der Waals surface area contributed by atoms with Crippen molar-refractivity contribution in [2.45, 2.75) is 39.8 Å². The monoisotopic (exact) mass is 248 g/mol. The summed E-state index contributed by atoms with van der Waals surface area (Å²) in [7, 11) is 0. The maximum Gasteiger partial charge on any atom is 0.147 e. The standard InChI is InChI=1S/C14H24N4/c1-6-8-18(7-2)13-11-15-9-12(17-13)10-16-14(3,4)5/h6,9,11,16H,1,7-8,10H2,2-5H3. The molecule has 1 N–H and O–H groups in total. The Kier molecular flexibility index (Phi) is 5.28.